The quantitative estimate of drug-likeness (QED) is 0.468. The highest BCUT2D eigenvalue weighted by molar-refractivity contribution is 6.32. The SMILES string of the molecule is COc1cccc(-c2nc3cc(N=Cc4cccc(Cl)c4O)ccc3o2)c1. The summed E-state index contributed by atoms with van der Waals surface area (Å²) in [5, 5.41) is 10.2. The van der Waals surface area contributed by atoms with Crippen molar-refractivity contribution < 1.29 is 14.3 Å². The number of phenolic OH excluding ortho intramolecular Hbond substituents is 1. The van der Waals surface area contributed by atoms with Gasteiger partial charge in [0.15, 0.2) is 5.58 Å². The van der Waals surface area contributed by atoms with Crippen molar-refractivity contribution in [3.05, 3.63) is 71.2 Å². The van der Waals surface area contributed by atoms with E-state index in [1.54, 1.807) is 31.5 Å². The van der Waals surface area contributed by atoms with Crippen molar-refractivity contribution in [1.82, 2.24) is 4.98 Å². The Labute approximate surface area is 160 Å². The Balaban J connectivity index is 1.66. The van der Waals surface area contributed by atoms with Gasteiger partial charge in [-0.05, 0) is 48.5 Å². The Kier molecular flexibility index (Phi) is 4.52. The van der Waals surface area contributed by atoms with Gasteiger partial charge in [0, 0.05) is 17.3 Å². The van der Waals surface area contributed by atoms with Crippen molar-refractivity contribution in [2.45, 2.75) is 0 Å². The molecule has 0 saturated carbocycles. The molecule has 1 heterocycles. The third-order valence-corrected chi connectivity index (χ3v) is 4.36. The van der Waals surface area contributed by atoms with Crippen LogP contribution in [-0.4, -0.2) is 23.4 Å². The molecular formula is C21H15ClN2O3. The fourth-order valence-corrected chi connectivity index (χ4v) is 2.84. The lowest BCUT2D eigenvalue weighted by molar-refractivity contribution is 0.415. The van der Waals surface area contributed by atoms with Gasteiger partial charge >= 0.3 is 0 Å². The van der Waals surface area contributed by atoms with Crippen LogP contribution in [0.5, 0.6) is 11.5 Å². The average Bonchev–Trinajstić information content (AvgIpc) is 3.12. The number of aliphatic imine (C=N–C) groups is 1. The molecule has 0 aliphatic heterocycles. The molecule has 0 fully saturated rings. The minimum Gasteiger partial charge on any atom is -0.506 e. The van der Waals surface area contributed by atoms with Gasteiger partial charge < -0.3 is 14.3 Å². The third kappa shape index (κ3) is 3.50. The first-order valence-corrected chi connectivity index (χ1v) is 8.58. The number of hydrogen-bond acceptors (Lipinski definition) is 5. The summed E-state index contributed by atoms with van der Waals surface area (Å²) >= 11 is 5.91. The van der Waals surface area contributed by atoms with Gasteiger partial charge in [-0.3, -0.25) is 4.99 Å². The summed E-state index contributed by atoms with van der Waals surface area (Å²) in [7, 11) is 1.62. The zero-order valence-corrected chi connectivity index (χ0v) is 15.1. The number of hydrogen-bond donors (Lipinski definition) is 1. The van der Waals surface area contributed by atoms with E-state index in [-0.39, 0.29) is 10.8 Å². The molecule has 0 bridgehead atoms. The van der Waals surface area contributed by atoms with Crippen LogP contribution in [0.1, 0.15) is 5.56 Å². The maximum Gasteiger partial charge on any atom is 0.227 e. The normalized spacial score (nSPS) is 11.3. The van der Waals surface area contributed by atoms with Crippen LogP contribution in [0.25, 0.3) is 22.6 Å². The molecule has 134 valence electrons. The number of oxazole rings is 1. The molecular weight excluding hydrogens is 364 g/mol. The fourth-order valence-electron chi connectivity index (χ4n) is 2.66. The summed E-state index contributed by atoms with van der Waals surface area (Å²) in [5.74, 6) is 1.25. The minimum absolute atomic E-state index is 0.00532. The van der Waals surface area contributed by atoms with Crippen LogP contribution in [0, 0.1) is 0 Å². The number of phenols is 1. The van der Waals surface area contributed by atoms with Crippen molar-refractivity contribution >= 4 is 34.6 Å². The molecule has 5 nitrogen and oxygen atoms in total. The highest BCUT2D eigenvalue weighted by Crippen LogP contribution is 2.30. The van der Waals surface area contributed by atoms with E-state index >= 15 is 0 Å². The predicted octanol–water partition coefficient (Wildman–Crippen LogP) is 5.61. The second-order valence-corrected chi connectivity index (χ2v) is 6.25. The zero-order valence-electron chi connectivity index (χ0n) is 14.4. The molecule has 0 aliphatic carbocycles. The number of halogens is 1. The van der Waals surface area contributed by atoms with E-state index in [1.807, 2.05) is 42.5 Å². The summed E-state index contributed by atoms with van der Waals surface area (Å²) in [5.41, 5.74) is 3.42. The first kappa shape index (κ1) is 17.1. The lowest BCUT2D eigenvalue weighted by atomic mass is 10.2. The molecule has 1 N–H and O–H groups in total. The van der Waals surface area contributed by atoms with Crippen LogP contribution in [0.2, 0.25) is 5.02 Å². The second kappa shape index (κ2) is 7.13. The second-order valence-electron chi connectivity index (χ2n) is 5.84. The maximum absolute atomic E-state index is 9.96. The summed E-state index contributed by atoms with van der Waals surface area (Å²) in [6.07, 6.45) is 1.56. The number of rotatable bonds is 4. The first-order valence-electron chi connectivity index (χ1n) is 8.20. The molecule has 0 unspecified atom stereocenters. The number of aromatic nitrogens is 1. The molecule has 4 aromatic rings. The van der Waals surface area contributed by atoms with Crippen LogP contribution in [0.15, 0.2) is 70.1 Å². The van der Waals surface area contributed by atoms with E-state index in [0.717, 1.165) is 11.3 Å². The van der Waals surface area contributed by atoms with E-state index in [4.69, 9.17) is 20.8 Å². The zero-order chi connectivity index (χ0) is 18.8. The highest BCUT2D eigenvalue weighted by Gasteiger charge is 2.10. The number of nitrogens with zero attached hydrogens (tertiary/aromatic N) is 2. The third-order valence-electron chi connectivity index (χ3n) is 4.06. The van der Waals surface area contributed by atoms with E-state index < -0.39 is 0 Å². The minimum atomic E-state index is 0.00532. The van der Waals surface area contributed by atoms with Gasteiger partial charge in [0.05, 0.1) is 17.8 Å². The smallest absolute Gasteiger partial charge is 0.227 e. The fraction of sp³-hybridized carbons (Fsp3) is 0.0476. The molecule has 3 aromatic carbocycles. The molecule has 0 spiro atoms. The Bertz CT molecular complexity index is 1150. The predicted molar refractivity (Wildman–Crippen MR) is 106 cm³/mol. The number of fused-ring (bicyclic) bond motifs is 1. The van der Waals surface area contributed by atoms with Gasteiger partial charge in [-0.25, -0.2) is 4.98 Å². The Morgan fingerprint density at radius 3 is 2.81 bits per heavy atom. The molecule has 27 heavy (non-hydrogen) atoms. The maximum atomic E-state index is 9.96. The van der Waals surface area contributed by atoms with Gasteiger partial charge in [-0.15, -0.1) is 0 Å². The Hall–Kier alpha value is -3.31. The van der Waals surface area contributed by atoms with Crippen LogP contribution in [-0.2, 0) is 0 Å². The first-order chi connectivity index (χ1) is 13.1. The van der Waals surface area contributed by atoms with Crippen LogP contribution in [0.3, 0.4) is 0 Å². The molecule has 0 atom stereocenters. The largest absolute Gasteiger partial charge is 0.506 e. The summed E-state index contributed by atoms with van der Waals surface area (Å²) in [4.78, 5) is 8.93. The molecule has 0 aliphatic rings. The Morgan fingerprint density at radius 2 is 1.96 bits per heavy atom. The van der Waals surface area contributed by atoms with Gasteiger partial charge in [-0.2, -0.15) is 0 Å². The molecule has 4 rings (SSSR count). The topological polar surface area (TPSA) is 67.9 Å². The van der Waals surface area contributed by atoms with Gasteiger partial charge in [0.1, 0.15) is 17.0 Å². The van der Waals surface area contributed by atoms with Gasteiger partial charge in [-0.1, -0.05) is 23.7 Å². The highest BCUT2D eigenvalue weighted by atomic mass is 35.5. The van der Waals surface area contributed by atoms with Crippen LogP contribution >= 0.6 is 11.6 Å². The van der Waals surface area contributed by atoms with Crippen LogP contribution < -0.4 is 4.74 Å². The summed E-state index contributed by atoms with van der Waals surface area (Å²) in [6.45, 7) is 0. The number of benzene rings is 3. The molecule has 0 radical (unpaired) electrons. The monoisotopic (exact) mass is 378 g/mol. The van der Waals surface area contributed by atoms with Crippen LogP contribution in [0.4, 0.5) is 5.69 Å². The van der Waals surface area contributed by atoms with E-state index in [9.17, 15) is 5.11 Å². The van der Waals surface area contributed by atoms with Crippen molar-refractivity contribution in [2.24, 2.45) is 4.99 Å². The lowest BCUT2D eigenvalue weighted by Crippen LogP contribution is -1.83. The number of para-hydroxylation sites is 1. The van der Waals surface area contributed by atoms with Gasteiger partial charge in [0.2, 0.25) is 5.89 Å². The number of aromatic hydroxyl groups is 1. The standard InChI is InChI=1S/C21H15ClN2O3/c1-26-16-6-2-4-13(10-16)21-24-18-11-15(8-9-19(18)27-21)23-12-14-5-3-7-17(22)20(14)25/h2-12,25H,1H3. The van der Waals surface area contributed by atoms with Crippen molar-refractivity contribution in [1.29, 1.82) is 0 Å². The molecule has 6 heteroatoms. The Morgan fingerprint density at radius 1 is 1.11 bits per heavy atom. The average molecular weight is 379 g/mol. The summed E-state index contributed by atoms with van der Waals surface area (Å²) < 4.78 is 11.1. The molecule has 0 amide bonds. The number of methoxy groups -OCH3 is 1. The number of ether oxygens (including phenoxy) is 1. The van der Waals surface area contributed by atoms with E-state index in [1.165, 1.54) is 0 Å². The lowest BCUT2D eigenvalue weighted by Gasteiger charge is -2.00. The molecule has 0 saturated heterocycles. The summed E-state index contributed by atoms with van der Waals surface area (Å²) in [6, 6.07) is 18.1. The van der Waals surface area contributed by atoms with Crippen molar-refractivity contribution in [3.8, 4) is 23.0 Å². The van der Waals surface area contributed by atoms with E-state index in [0.29, 0.717) is 28.2 Å². The van der Waals surface area contributed by atoms with Crippen molar-refractivity contribution in [2.75, 3.05) is 7.11 Å². The van der Waals surface area contributed by atoms with Crippen molar-refractivity contribution in [3.63, 3.8) is 0 Å². The van der Waals surface area contributed by atoms with Gasteiger partial charge in [0.25, 0.3) is 0 Å². The molecule has 1 aromatic heterocycles. The van der Waals surface area contributed by atoms with E-state index in [2.05, 4.69) is 9.98 Å².